The van der Waals surface area contributed by atoms with E-state index >= 15 is 0 Å². The van der Waals surface area contributed by atoms with Gasteiger partial charge in [0.2, 0.25) is 11.8 Å². The summed E-state index contributed by atoms with van der Waals surface area (Å²) >= 11 is 0. The van der Waals surface area contributed by atoms with Gasteiger partial charge in [0.1, 0.15) is 0 Å². The van der Waals surface area contributed by atoms with Crippen LogP contribution in [0.1, 0.15) is 46.0 Å². The minimum absolute atomic E-state index is 0.000772. The first-order valence-corrected chi connectivity index (χ1v) is 7.73. The molecule has 0 unspecified atom stereocenters. The van der Waals surface area contributed by atoms with Gasteiger partial charge in [-0.2, -0.15) is 0 Å². The van der Waals surface area contributed by atoms with Crippen molar-refractivity contribution in [3.05, 3.63) is 0 Å². The summed E-state index contributed by atoms with van der Waals surface area (Å²) in [5.74, 6) is 0.339. The third kappa shape index (κ3) is 4.47. The Labute approximate surface area is 120 Å². The zero-order chi connectivity index (χ0) is 14.5. The van der Waals surface area contributed by atoms with E-state index < -0.39 is 0 Å². The zero-order valence-corrected chi connectivity index (χ0v) is 12.5. The second-order valence-electron chi connectivity index (χ2n) is 6.41. The van der Waals surface area contributed by atoms with Gasteiger partial charge >= 0.3 is 0 Å². The summed E-state index contributed by atoms with van der Waals surface area (Å²) in [5, 5.41) is 5.93. The Morgan fingerprint density at radius 2 is 2.30 bits per heavy atom. The topological polar surface area (TPSA) is 67.4 Å². The molecule has 2 saturated heterocycles. The normalized spacial score (nSPS) is 30.4. The highest BCUT2D eigenvalue weighted by Gasteiger charge is 2.31. The molecule has 5 heteroatoms. The predicted octanol–water partition coefficient (Wildman–Crippen LogP) is 1.22. The van der Waals surface area contributed by atoms with Crippen LogP contribution >= 0.6 is 0 Å². The van der Waals surface area contributed by atoms with Crippen molar-refractivity contribution >= 4 is 11.8 Å². The first-order valence-electron chi connectivity index (χ1n) is 7.73. The lowest BCUT2D eigenvalue weighted by Crippen LogP contribution is -2.48. The van der Waals surface area contributed by atoms with Crippen molar-refractivity contribution in [2.24, 2.45) is 11.8 Å². The first-order chi connectivity index (χ1) is 9.54. The smallest absolute Gasteiger partial charge is 0.223 e. The number of amides is 2. The number of carbonyl (C=O) groups excluding carboxylic acids is 2. The number of nitrogens with one attached hydrogen (secondary N) is 2. The molecule has 0 bridgehead atoms. The maximum Gasteiger partial charge on any atom is 0.223 e. The van der Waals surface area contributed by atoms with Crippen LogP contribution < -0.4 is 10.6 Å². The van der Waals surface area contributed by atoms with Crippen LogP contribution in [0.25, 0.3) is 0 Å². The monoisotopic (exact) mass is 282 g/mol. The Bertz CT molecular complexity index is 351. The molecule has 0 saturated carbocycles. The first kappa shape index (κ1) is 15.3. The molecule has 2 aliphatic heterocycles. The highest BCUT2D eigenvalue weighted by molar-refractivity contribution is 5.87. The summed E-state index contributed by atoms with van der Waals surface area (Å²) < 4.78 is 5.49. The summed E-state index contributed by atoms with van der Waals surface area (Å²) in [4.78, 5) is 23.9. The van der Waals surface area contributed by atoms with Crippen LogP contribution in [0, 0.1) is 11.8 Å². The van der Waals surface area contributed by atoms with Gasteiger partial charge in [0.25, 0.3) is 0 Å². The van der Waals surface area contributed by atoms with Crippen LogP contribution in [0.15, 0.2) is 0 Å². The molecule has 2 amide bonds. The molecule has 0 radical (unpaired) electrons. The summed E-state index contributed by atoms with van der Waals surface area (Å²) in [6.45, 7) is 5.63. The average molecular weight is 282 g/mol. The molecule has 2 rings (SSSR count). The molecule has 114 valence electrons. The zero-order valence-electron chi connectivity index (χ0n) is 12.5. The number of hydrogen-bond donors (Lipinski definition) is 2. The van der Waals surface area contributed by atoms with Crippen molar-refractivity contribution < 1.29 is 14.3 Å². The number of carbonyl (C=O) groups is 2. The Hall–Kier alpha value is -1.10. The minimum atomic E-state index is -0.186. The standard InChI is InChI=1S/C15H26N2O3/c1-10(2)6-12-7-11(8-14(18)17-12)15(19)16-9-13-4-3-5-20-13/h10-13H,3-9H2,1-2H3,(H,16,19)(H,17,18)/t11-,12+,13-/m0/s1. The van der Waals surface area contributed by atoms with Crippen molar-refractivity contribution in [1.29, 1.82) is 0 Å². The number of hydrogen-bond acceptors (Lipinski definition) is 3. The molecule has 2 fully saturated rings. The van der Waals surface area contributed by atoms with E-state index in [1.54, 1.807) is 0 Å². The maximum absolute atomic E-state index is 12.2. The van der Waals surface area contributed by atoms with E-state index in [1.165, 1.54) is 0 Å². The lowest BCUT2D eigenvalue weighted by atomic mass is 9.87. The Morgan fingerprint density at radius 3 is 2.95 bits per heavy atom. The molecule has 0 aromatic heterocycles. The van der Waals surface area contributed by atoms with Crippen molar-refractivity contribution in [3.63, 3.8) is 0 Å². The van der Waals surface area contributed by atoms with E-state index in [2.05, 4.69) is 24.5 Å². The third-order valence-corrected chi connectivity index (χ3v) is 4.02. The largest absolute Gasteiger partial charge is 0.376 e. The van der Waals surface area contributed by atoms with E-state index in [0.29, 0.717) is 18.9 Å². The fraction of sp³-hybridized carbons (Fsp3) is 0.867. The van der Waals surface area contributed by atoms with Gasteiger partial charge in [0, 0.05) is 31.5 Å². The lowest BCUT2D eigenvalue weighted by Gasteiger charge is -2.30. The summed E-state index contributed by atoms with van der Waals surface area (Å²) in [5.41, 5.74) is 0. The molecular weight excluding hydrogens is 256 g/mol. The summed E-state index contributed by atoms with van der Waals surface area (Å²) in [7, 11) is 0. The predicted molar refractivity (Wildman–Crippen MR) is 76.1 cm³/mol. The molecule has 0 aromatic carbocycles. The Kier molecular flexibility index (Phi) is 5.40. The van der Waals surface area contributed by atoms with Crippen LogP contribution in [0.3, 0.4) is 0 Å². The molecule has 2 heterocycles. The third-order valence-electron chi connectivity index (χ3n) is 4.02. The van der Waals surface area contributed by atoms with Crippen LogP contribution in [-0.2, 0) is 14.3 Å². The van der Waals surface area contributed by atoms with Gasteiger partial charge in [-0.1, -0.05) is 13.8 Å². The van der Waals surface area contributed by atoms with Crippen LogP contribution in [0.5, 0.6) is 0 Å². The lowest BCUT2D eigenvalue weighted by molar-refractivity contribution is -0.134. The Morgan fingerprint density at radius 1 is 1.50 bits per heavy atom. The SMILES string of the molecule is CC(C)C[C@@H]1C[C@H](C(=O)NC[C@@H]2CCCO2)CC(=O)N1. The highest BCUT2D eigenvalue weighted by atomic mass is 16.5. The molecular formula is C15H26N2O3. The molecule has 2 aliphatic rings. The summed E-state index contributed by atoms with van der Waals surface area (Å²) in [6.07, 6.45) is 4.24. The van der Waals surface area contributed by atoms with Crippen LogP contribution in [-0.4, -0.2) is 37.1 Å². The van der Waals surface area contributed by atoms with Crippen molar-refractivity contribution in [3.8, 4) is 0 Å². The number of rotatable bonds is 5. The fourth-order valence-electron chi connectivity index (χ4n) is 3.08. The van der Waals surface area contributed by atoms with Crippen molar-refractivity contribution in [2.45, 2.75) is 58.1 Å². The van der Waals surface area contributed by atoms with Crippen LogP contribution in [0.4, 0.5) is 0 Å². The number of piperidine rings is 1. The second-order valence-corrected chi connectivity index (χ2v) is 6.41. The van der Waals surface area contributed by atoms with Gasteiger partial charge in [0.15, 0.2) is 0 Å². The van der Waals surface area contributed by atoms with E-state index in [9.17, 15) is 9.59 Å². The molecule has 5 nitrogen and oxygen atoms in total. The van der Waals surface area contributed by atoms with Crippen molar-refractivity contribution in [2.75, 3.05) is 13.2 Å². The van der Waals surface area contributed by atoms with Crippen LogP contribution in [0.2, 0.25) is 0 Å². The molecule has 0 aliphatic carbocycles. The molecule has 20 heavy (non-hydrogen) atoms. The Balaban J connectivity index is 1.79. The molecule has 0 aromatic rings. The van der Waals surface area contributed by atoms with Crippen molar-refractivity contribution in [1.82, 2.24) is 10.6 Å². The second kappa shape index (κ2) is 7.07. The quantitative estimate of drug-likeness (QED) is 0.797. The van der Waals surface area contributed by atoms with Gasteiger partial charge in [-0.05, 0) is 31.6 Å². The van der Waals surface area contributed by atoms with E-state index in [-0.39, 0.29) is 29.9 Å². The van der Waals surface area contributed by atoms with E-state index in [4.69, 9.17) is 4.74 Å². The molecule has 0 spiro atoms. The van der Waals surface area contributed by atoms with Gasteiger partial charge in [-0.3, -0.25) is 9.59 Å². The fourth-order valence-corrected chi connectivity index (χ4v) is 3.08. The van der Waals surface area contributed by atoms with Gasteiger partial charge < -0.3 is 15.4 Å². The maximum atomic E-state index is 12.2. The molecule has 3 atom stereocenters. The number of ether oxygens (including phenoxy) is 1. The highest BCUT2D eigenvalue weighted by Crippen LogP contribution is 2.22. The van der Waals surface area contributed by atoms with E-state index in [1.807, 2.05) is 0 Å². The average Bonchev–Trinajstić information content (AvgIpc) is 2.87. The van der Waals surface area contributed by atoms with Gasteiger partial charge in [-0.15, -0.1) is 0 Å². The van der Waals surface area contributed by atoms with Gasteiger partial charge in [0.05, 0.1) is 6.10 Å². The summed E-state index contributed by atoms with van der Waals surface area (Å²) in [6, 6.07) is 0.134. The molecule has 2 N–H and O–H groups in total. The van der Waals surface area contributed by atoms with Gasteiger partial charge in [-0.25, -0.2) is 0 Å². The minimum Gasteiger partial charge on any atom is -0.376 e. The van der Waals surface area contributed by atoms with E-state index in [0.717, 1.165) is 32.3 Å².